The normalized spacial score (nSPS) is 11.9. The first kappa shape index (κ1) is 32.5. The lowest BCUT2D eigenvalue weighted by atomic mass is 10.1. The predicted molar refractivity (Wildman–Crippen MR) is 129 cm³/mol. The topological polar surface area (TPSA) is 158 Å². The maximum Gasteiger partial charge on any atom is 0.370 e. The van der Waals surface area contributed by atoms with E-state index in [0.29, 0.717) is 6.42 Å². The zero-order valence-electron chi connectivity index (χ0n) is 19.6. The van der Waals surface area contributed by atoms with Gasteiger partial charge in [0, 0.05) is 6.42 Å². The van der Waals surface area contributed by atoms with Crippen molar-refractivity contribution in [3.05, 3.63) is 24.0 Å². The summed E-state index contributed by atoms with van der Waals surface area (Å²) in [6.07, 6.45) is 22.3. The van der Waals surface area contributed by atoms with E-state index in [1.807, 2.05) is 0 Å². The Morgan fingerprint density at radius 2 is 1.22 bits per heavy atom. The van der Waals surface area contributed by atoms with Crippen molar-refractivity contribution < 1.29 is 34.2 Å². The number of carbonyl (C=O) groups is 2. The standard InChI is InChI=1S/C20H36O3.C3H8NO4P/c1-2-3-4-5-6-7-8-9-10-11-12-13-14-15-16-17-18-19(21)20(22)23;4-3(5)1-2-9(6,7)8/h6-7,18,21H,2-5,8-17H2,1H3,(H,22,23);1-2H2,(H2,4,5)(H2,6,7,8). The third-order valence-electron chi connectivity index (χ3n) is 4.67. The number of rotatable bonds is 19. The Kier molecular flexibility index (Phi) is 22.9. The number of carbonyl (C=O) groups excluding carboxylic acids is 1. The van der Waals surface area contributed by atoms with Gasteiger partial charge in [-0.15, -0.1) is 0 Å². The highest BCUT2D eigenvalue weighted by Gasteiger charge is 2.13. The molecular weight excluding hydrogens is 433 g/mol. The fraction of sp³-hybridized carbons (Fsp3) is 0.739. The van der Waals surface area contributed by atoms with Crippen LogP contribution in [0, 0.1) is 0 Å². The number of allylic oxidation sites excluding steroid dienone is 3. The van der Waals surface area contributed by atoms with Crippen LogP contribution in [-0.4, -0.2) is 38.0 Å². The molecular formula is C23H44NO7P. The molecule has 0 aromatic carbocycles. The minimum Gasteiger partial charge on any atom is -0.502 e. The van der Waals surface area contributed by atoms with Gasteiger partial charge in [0.2, 0.25) is 5.91 Å². The van der Waals surface area contributed by atoms with E-state index in [0.717, 1.165) is 12.8 Å². The Morgan fingerprint density at radius 3 is 1.59 bits per heavy atom. The van der Waals surface area contributed by atoms with E-state index in [1.165, 1.54) is 76.7 Å². The Bertz CT molecular complexity index is 585. The predicted octanol–water partition coefficient (Wildman–Crippen LogP) is 5.59. The molecule has 0 aliphatic carbocycles. The van der Waals surface area contributed by atoms with Crippen molar-refractivity contribution in [1.29, 1.82) is 0 Å². The van der Waals surface area contributed by atoms with Crippen molar-refractivity contribution >= 4 is 19.5 Å². The molecule has 0 rings (SSSR count). The molecule has 0 unspecified atom stereocenters. The highest BCUT2D eigenvalue weighted by molar-refractivity contribution is 7.51. The molecule has 0 saturated heterocycles. The molecule has 0 fully saturated rings. The van der Waals surface area contributed by atoms with Crippen LogP contribution in [0.2, 0.25) is 0 Å². The molecule has 0 atom stereocenters. The highest BCUT2D eigenvalue weighted by atomic mass is 31.2. The number of amides is 1. The Labute approximate surface area is 193 Å². The highest BCUT2D eigenvalue weighted by Crippen LogP contribution is 2.34. The van der Waals surface area contributed by atoms with E-state index in [2.05, 4.69) is 24.8 Å². The average Bonchev–Trinajstić information content (AvgIpc) is 2.71. The number of hydrogen-bond donors (Lipinski definition) is 5. The van der Waals surface area contributed by atoms with Gasteiger partial charge in [0.05, 0.1) is 6.16 Å². The molecule has 0 radical (unpaired) electrons. The van der Waals surface area contributed by atoms with Crippen LogP contribution in [0.5, 0.6) is 0 Å². The van der Waals surface area contributed by atoms with Gasteiger partial charge in [0.1, 0.15) is 0 Å². The molecule has 8 nitrogen and oxygen atoms in total. The first-order valence-electron chi connectivity index (χ1n) is 11.7. The number of hydrogen-bond acceptors (Lipinski definition) is 4. The lowest BCUT2D eigenvalue weighted by molar-refractivity contribution is -0.135. The first-order valence-corrected chi connectivity index (χ1v) is 13.5. The van der Waals surface area contributed by atoms with Crippen molar-refractivity contribution in [1.82, 2.24) is 0 Å². The number of primary amides is 1. The van der Waals surface area contributed by atoms with Crippen molar-refractivity contribution in [3.8, 4) is 0 Å². The van der Waals surface area contributed by atoms with Gasteiger partial charge < -0.3 is 25.7 Å². The van der Waals surface area contributed by atoms with Gasteiger partial charge in [-0.05, 0) is 44.6 Å². The van der Waals surface area contributed by atoms with Crippen molar-refractivity contribution in [3.63, 3.8) is 0 Å². The summed E-state index contributed by atoms with van der Waals surface area (Å²) < 4.78 is 10.0. The van der Waals surface area contributed by atoms with Gasteiger partial charge in [0.15, 0.2) is 5.76 Å². The maximum absolute atomic E-state index is 10.4. The number of carboxylic acids is 1. The molecule has 0 spiro atoms. The minimum atomic E-state index is -4.02. The molecule has 9 heteroatoms. The van der Waals surface area contributed by atoms with E-state index in [4.69, 9.17) is 20.0 Å². The Morgan fingerprint density at radius 1 is 0.781 bits per heavy atom. The number of aliphatic hydroxyl groups excluding tert-OH is 1. The molecule has 0 aromatic heterocycles. The molecule has 32 heavy (non-hydrogen) atoms. The van der Waals surface area contributed by atoms with E-state index >= 15 is 0 Å². The largest absolute Gasteiger partial charge is 0.502 e. The number of aliphatic carboxylic acids is 1. The second-order valence-electron chi connectivity index (χ2n) is 7.87. The van der Waals surface area contributed by atoms with Crippen LogP contribution in [0.4, 0.5) is 0 Å². The molecule has 188 valence electrons. The molecule has 0 aliphatic rings. The summed E-state index contributed by atoms with van der Waals surface area (Å²) in [6.45, 7) is 2.24. The zero-order chi connectivity index (χ0) is 24.7. The monoisotopic (exact) mass is 477 g/mol. The molecule has 0 aliphatic heterocycles. The smallest absolute Gasteiger partial charge is 0.370 e. The van der Waals surface area contributed by atoms with Crippen LogP contribution in [0.1, 0.15) is 103 Å². The second-order valence-corrected chi connectivity index (χ2v) is 9.65. The molecule has 6 N–H and O–H groups in total. The maximum atomic E-state index is 10.4. The van der Waals surface area contributed by atoms with E-state index in [-0.39, 0.29) is 6.42 Å². The van der Waals surface area contributed by atoms with E-state index < -0.39 is 31.4 Å². The van der Waals surface area contributed by atoms with E-state index in [9.17, 15) is 14.2 Å². The summed E-state index contributed by atoms with van der Waals surface area (Å²) in [5.74, 6) is -2.46. The number of carboxylic acid groups (broad SMARTS) is 1. The summed E-state index contributed by atoms with van der Waals surface area (Å²) in [5, 5.41) is 17.5. The van der Waals surface area contributed by atoms with Crippen LogP contribution in [0.3, 0.4) is 0 Å². The van der Waals surface area contributed by atoms with Gasteiger partial charge >= 0.3 is 13.6 Å². The summed E-state index contributed by atoms with van der Waals surface area (Å²) in [5.41, 5.74) is 4.62. The van der Waals surface area contributed by atoms with Crippen LogP contribution in [-0.2, 0) is 14.2 Å². The van der Waals surface area contributed by atoms with Gasteiger partial charge in [-0.3, -0.25) is 9.36 Å². The van der Waals surface area contributed by atoms with Crippen LogP contribution in [0.15, 0.2) is 24.0 Å². The third-order valence-corrected chi connectivity index (χ3v) is 5.48. The number of aliphatic hydroxyl groups is 1. The summed E-state index contributed by atoms with van der Waals surface area (Å²) >= 11 is 0. The van der Waals surface area contributed by atoms with Gasteiger partial charge in [-0.25, -0.2) is 4.79 Å². The van der Waals surface area contributed by atoms with Crippen molar-refractivity contribution in [2.24, 2.45) is 5.73 Å². The van der Waals surface area contributed by atoms with Crippen LogP contribution in [0.25, 0.3) is 0 Å². The molecule has 0 bridgehead atoms. The average molecular weight is 478 g/mol. The molecule has 0 aromatic rings. The summed E-state index contributed by atoms with van der Waals surface area (Å²) in [4.78, 5) is 36.6. The lowest BCUT2D eigenvalue weighted by Crippen LogP contribution is -2.11. The van der Waals surface area contributed by atoms with Gasteiger partial charge in [0.25, 0.3) is 0 Å². The van der Waals surface area contributed by atoms with Gasteiger partial charge in [-0.2, -0.15) is 0 Å². The Hall–Kier alpha value is -1.63. The van der Waals surface area contributed by atoms with Crippen molar-refractivity contribution in [2.75, 3.05) is 6.16 Å². The van der Waals surface area contributed by atoms with E-state index in [1.54, 1.807) is 0 Å². The summed E-state index contributed by atoms with van der Waals surface area (Å²) in [7, 11) is -4.02. The van der Waals surface area contributed by atoms with Crippen LogP contribution >= 0.6 is 7.60 Å². The van der Waals surface area contributed by atoms with Gasteiger partial charge in [-0.1, -0.05) is 70.4 Å². The fourth-order valence-corrected chi connectivity index (χ4v) is 3.31. The zero-order valence-corrected chi connectivity index (χ0v) is 20.5. The SMILES string of the molecule is CCCCCC=CCCCCCCCCCCC=C(O)C(=O)O.NC(=O)CCP(=O)(O)O. The van der Waals surface area contributed by atoms with Crippen molar-refractivity contribution in [2.45, 2.75) is 103 Å². The Balaban J connectivity index is 0. The summed E-state index contributed by atoms with van der Waals surface area (Å²) in [6, 6.07) is 0. The molecule has 0 saturated carbocycles. The molecule has 0 heterocycles. The quantitative estimate of drug-likeness (QED) is 0.0533. The third kappa shape index (κ3) is 30.6. The lowest BCUT2D eigenvalue weighted by Gasteiger charge is -2.01. The fourth-order valence-electron chi connectivity index (χ4n) is 2.80. The number of unbranched alkanes of at least 4 members (excludes halogenated alkanes) is 12. The molecule has 1 amide bonds. The first-order chi connectivity index (χ1) is 15.1. The number of nitrogens with two attached hydrogens (primary N) is 1. The minimum absolute atomic E-state index is 0.260. The van der Waals surface area contributed by atoms with Crippen LogP contribution < -0.4 is 5.73 Å². The second kappa shape index (κ2) is 22.6.